The summed E-state index contributed by atoms with van der Waals surface area (Å²) in [7, 11) is 0. The van der Waals surface area contributed by atoms with E-state index in [9.17, 15) is 9.59 Å². The Balaban J connectivity index is 1.68. The molecule has 2 N–H and O–H groups in total. The van der Waals surface area contributed by atoms with Gasteiger partial charge < -0.3 is 14.9 Å². The zero-order chi connectivity index (χ0) is 18.1. The van der Waals surface area contributed by atoms with Gasteiger partial charge in [-0.25, -0.2) is 9.59 Å². The highest BCUT2D eigenvalue weighted by atomic mass is 16.5. The molecule has 0 heterocycles. The molecule has 0 saturated heterocycles. The second kappa shape index (κ2) is 9.59. The first kappa shape index (κ1) is 18.7. The number of hydrogen-bond donors (Lipinski definition) is 2. The van der Waals surface area contributed by atoms with Crippen molar-refractivity contribution in [2.75, 3.05) is 13.2 Å². The first-order chi connectivity index (χ1) is 12.1. The lowest BCUT2D eigenvalue weighted by Gasteiger charge is -2.08. The van der Waals surface area contributed by atoms with Gasteiger partial charge in [0.2, 0.25) is 0 Å². The molecule has 0 aliphatic rings. The smallest absolute Gasteiger partial charge is 0.335 e. The fraction of sp³-hybridized carbons (Fsp3) is 0.300. The number of hydrogen-bond acceptors (Lipinski definition) is 3. The number of carboxylic acids is 2. The van der Waals surface area contributed by atoms with Crippen LogP contribution in [-0.2, 0) is 17.6 Å². The standard InChI is InChI=1S/C20H22O5/c21-19(22)17-11-3-1-7-15(17)9-5-13-25-14-6-10-16-8-2-4-12-18(16)20(23)24/h1-4,7-8,11-12H,5-6,9-10,13-14H2,(H,21,22)(H,23,24). The van der Waals surface area contributed by atoms with Gasteiger partial charge in [0.05, 0.1) is 11.1 Å². The van der Waals surface area contributed by atoms with Crippen molar-refractivity contribution in [2.24, 2.45) is 0 Å². The molecule has 0 saturated carbocycles. The first-order valence-electron chi connectivity index (χ1n) is 8.29. The number of aryl methyl sites for hydroxylation is 2. The Morgan fingerprint density at radius 3 is 1.52 bits per heavy atom. The molecule has 0 atom stereocenters. The highest BCUT2D eigenvalue weighted by molar-refractivity contribution is 5.89. The minimum Gasteiger partial charge on any atom is -0.478 e. The molecular weight excluding hydrogens is 320 g/mol. The van der Waals surface area contributed by atoms with E-state index in [2.05, 4.69) is 0 Å². The summed E-state index contributed by atoms with van der Waals surface area (Å²) in [5, 5.41) is 18.3. The highest BCUT2D eigenvalue weighted by Gasteiger charge is 2.09. The van der Waals surface area contributed by atoms with Crippen LogP contribution < -0.4 is 0 Å². The molecule has 0 unspecified atom stereocenters. The van der Waals surface area contributed by atoms with Crippen molar-refractivity contribution in [1.82, 2.24) is 0 Å². The van der Waals surface area contributed by atoms with Gasteiger partial charge >= 0.3 is 11.9 Å². The van der Waals surface area contributed by atoms with Crippen LogP contribution in [0.3, 0.4) is 0 Å². The normalized spacial score (nSPS) is 10.6. The van der Waals surface area contributed by atoms with Crippen molar-refractivity contribution in [1.29, 1.82) is 0 Å². The zero-order valence-corrected chi connectivity index (χ0v) is 14.0. The number of benzene rings is 2. The lowest BCUT2D eigenvalue weighted by molar-refractivity contribution is 0.0684. The van der Waals surface area contributed by atoms with E-state index < -0.39 is 11.9 Å². The van der Waals surface area contributed by atoms with Crippen LogP contribution in [0.25, 0.3) is 0 Å². The van der Waals surface area contributed by atoms with E-state index in [1.165, 1.54) is 0 Å². The molecule has 2 aromatic carbocycles. The van der Waals surface area contributed by atoms with Crippen LogP contribution in [0.2, 0.25) is 0 Å². The second-order valence-electron chi connectivity index (χ2n) is 5.74. The summed E-state index contributed by atoms with van der Waals surface area (Å²) >= 11 is 0. The summed E-state index contributed by atoms with van der Waals surface area (Å²) in [6, 6.07) is 14.0. The molecule has 0 aliphatic heterocycles. The van der Waals surface area contributed by atoms with E-state index in [-0.39, 0.29) is 0 Å². The van der Waals surface area contributed by atoms with Crippen LogP contribution in [-0.4, -0.2) is 35.4 Å². The van der Waals surface area contributed by atoms with E-state index in [0.717, 1.165) is 24.0 Å². The Morgan fingerprint density at radius 1 is 0.720 bits per heavy atom. The third kappa shape index (κ3) is 5.72. The van der Waals surface area contributed by atoms with Crippen LogP contribution >= 0.6 is 0 Å². The maximum absolute atomic E-state index is 11.1. The number of ether oxygens (including phenoxy) is 1. The molecule has 132 valence electrons. The molecule has 0 amide bonds. The lowest BCUT2D eigenvalue weighted by Crippen LogP contribution is -2.06. The van der Waals surface area contributed by atoms with Crippen molar-refractivity contribution in [3.05, 3.63) is 70.8 Å². The summed E-state index contributed by atoms with van der Waals surface area (Å²) in [6.07, 6.45) is 2.81. The predicted octanol–water partition coefficient (Wildman–Crippen LogP) is 3.67. The Bertz CT molecular complexity index is 662. The van der Waals surface area contributed by atoms with Gasteiger partial charge in [-0.3, -0.25) is 0 Å². The zero-order valence-electron chi connectivity index (χ0n) is 14.0. The van der Waals surface area contributed by atoms with E-state index in [4.69, 9.17) is 14.9 Å². The Morgan fingerprint density at radius 2 is 1.12 bits per heavy atom. The van der Waals surface area contributed by atoms with Gasteiger partial charge in [0.15, 0.2) is 0 Å². The van der Waals surface area contributed by atoms with Crippen molar-refractivity contribution >= 4 is 11.9 Å². The summed E-state index contributed by atoms with van der Waals surface area (Å²) in [4.78, 5) is 22.3. The maximum Gasteiger partial charge on any atom is 0.335 e. The minimum absolute atomic E-state index is 0.341. The monoisotopic (exact) mass is 342 g/mol. The van der Waals surface area contributed by atoms with Crippen LogP contribution in [0.1, 0.15) is 44.7 Å². The molecule has 0 radical (unpaired) electrons. The summed E-state index contributed by atoms with van der Waals surface area (Å²) < 4.78 is 5.58. The summed E-state index contributed by atoms with van der Waals surface area (Å²) in [6.45, 7) is 1.10. The number of rotatable bonds is 10. The molecule has 0 aromatic heterocycles. The van der Waals surface area contributed by atoms with Crippen molar-refractivity contribution in [3.8, 4) is 0 Å². The Labute approximate surface area is 146 Å². The predicted molar refractivity (Wildman–Crippen MR) is 94.3 cm³/mol. The molecule has 0 spiro atoms. The van der Waals surface area contributed by atoms with Crippen molar-refractivity contribution in [2.45, 2.75) is 25.7 Å². The molecular formula is C20H22O5. The van der Waals surface area contributed by atoms with Crippen LogP contribution in [0.15, 0.2) is 48.5 Å². The van der Waals surface area contributed by atoms with Crippen LogP contribution in [0.5, 0.6) is 0 Å². The number of carboxylic acid groups (broad SMARTS) is 2. The van der Waals surface area contributed by atoms with E-state index in [1.54, 1.807) is 24.3 Å². The average molecular weight is 342 g/mol. The fourth-order valence-electron chi connectivity index (χ4n) is 2.73. The summed E-state index contributed by atoms with van der Waals surface area (Å²) in [5.41, 5.74) is 2.31. The van der Waals surface area contributed by atoms with E-state index in [1.807, 2.05) is 24.3 Å². The molecule has 2 rings (SSSR count). The van der Waals surface area contributed by atoms with Gasteiger partial charge in [0.1, 0.15) is 0 Å². The van der Waals surface area contributed by atoms with Gasteiger partial charge in [-0.2, -0.15) is 0 Å². The molecule has 0 fully saturated rings. The molecule has 5 nitrogen and oxygen atoms in total. The van der Waals surface area contributed by atoms with Gasteiger partial charge in [0, 0.05) is 13.2 Å². The third-order valence-electron chi connectivity index (χ3n) is 3.97. The maximum atomic E-state index is 11.1. The van der Waals surface area contributed by atoms with Crippen LogP contribution in [0.4, 0.5) is 0 Å². The topological polar surface area (TPSA) is 83.8 Å². The molecule has 0 aliphatic carbocycles. The van der Waals surface area contributed by atoms with E-state index in [0.29, 0.717) is 37.2 Å². The summed E-state index contributed by atoms with van der Waals surface area (Å²) in [5.74, 6) is -1.82. The van der Waals surface area contributed by atoms with Crippen LogP contribution in [0, 0.1) is 0 Å². The number of aromatic carboxylic acids is 2. The van der Waals surface area contributed by atoms with Gasteiger partial charge in [0.25, 0.3) is 0 Å². The fourth-order valence-corrected chi connectivity index (χ4v) is 2.73. The Hall–Kier alpha value is -2.66. The SMILES string of the molecule is O=C(O)c1ccccc1CCCOCCCc1ccccc1C(=O)O. The first-order valence-corrected chi connectivity index (χ1v) is 8.29. The molecule has 25 heavy (non-hydrogen) atoms. The molecule has 2 aromatic rings. The largest absolute Gasteiger partial charge is 0.478 e. The molecule has 0 bridgehead atoms. The van der Waals surface area contributed by atoms with Crippen molar-refractivity contribution < 1.29 is 24.5 Å². The van der Waals surface area contributed by atoms with Crippen molar-refractivity contribution in [3.63, 3.8) is 0 Å². The van der Waals surface area contributed by atoms with E-state index >= 15 is 0 Å². The van der Waals surface area contributed by atoms with Gasteiger partial charge in [-0.15, -0.1) is 0 Å². The lowest BCUT2D eigenvalue weighted by atomic mass is 10.0. The average Bonchev–Trinajstić information content (AvgIpc) is 2.61. The number of carbonyl (C=O) groups is 2. The second-order valence-corrected chi connectivity index (χ2v) is 5.74. The third-order valence-corrected chi connectivity index (χ3v) is 3.97. The quantitative estimate of drug-likeness (QED) is 0.644. The molecule has 5 heteroatoms. The Kier molecular flexibility index (Phi) is 7.16. The highest BCUT2D eigenvalue weighted by Crippen LogP contribution is 2.12. The van der Waals surface area contributed by atoms with Gasteiger partial charge in [-0.1, -0.05) is 36.4 Å². The minimum atomic E-state index is -0.909. The van der Waals surface area contributed by atoms with Gasteiger partial charge in [-0.05, 0) is 48.9 Å².